The summed E-state index contributed by atoms with van der Waals surface area (Å²) in [5.41, 5.74) is 0.754. The number of likely N-dealkylation sites (N-methyl/N-ethyl adjacent to an activating group) is 1. The second kappa shape index (κ2) is 6.92. The minimum atomic E-state index is -0.687. The molecular formula is C15H23NO4. The first kappa shape index (κ1) is 15.1. The van der Waals surface area contributed by atoms with E-state index < -0.39 is 6.10 Å². The number of hydrogen-bond donors (Lipinski definition) is 1. The molecule has 0 saturated carbocycles. The smallest absolute Gasteiger partial charge is 0.122 e. The van der Waals surface area contributed by atoms with E-state index in [4.69, 9.17) is 14.2 Å². The van der Waals surface area contributed by atoms with Crippen molar-refractivity contribution in [2.75, 3.05) is 40.5 Å². The molecule has 1 aromatic carbocycles. The molecule has 0 aliphatic carbocycles. The number of aliphatic hydroxyl groups is 1. The molecular weight excluding hydrogens is 258 g/mol. The molecule has 1 aromatic rings. The molecule has 1 N–H and O–H groups in total. The largest absolute Gasteiger partial charge is 0.497 e. The second-order valence-corrected chi connectivity index (χ2v) is 4.89. The molecule has 1 heterocycles. The quantitative estimate of drug-likeness (QED) is 0.885. The Hall–Kier alpha value is -1.30. The van der Waals surface area contributed by atoms with Crippen LogP contribution >= 0.6 is 0 Å². The van der Waals surface area contributed by atoms with Gasteiger partial charge in [-0.05, 0) is 24.2 Å². The summed E-state index contributed by atoms with van der Waals surface area (Å²) in [5.74, 6) is 1.34. The first-order valence-electron chi connectivity index (χ1n) is 6.93. The van der Waals surface area contributed by atoms with Gasteiger partial charge in [-0.2, -0.15) is 0 Å². The number of morpholine rings is 1. The van der Waals surface area contributed by atoms with E-state index in [9.17, 15) is 5.11 Å². The van der Waals surface area contributed by atoms with Crippen LogP contribution in [0, 0.1) is 0 Å². The number of ether oxygens (including phenoxy) is 3. The Bertz CT molecular complexity index is 416. The van der Waals surface area contributed by atoms with E-state index >= 15 is 0 Å². The molecule has 20 heavy (non-hydrogen) atoms. The highest BCUT2D eigenvalue weighted by atomic mass is 16.5. The lowest BCUT2D eigenvalue weighted by Crippen LogP contribution is -2.44. The molecule has 2 rings (SSSR count). The fourth-order valence-corrected chi connectivity index (χ4v) is 2.42. The van der Waals surface area contributed by atoms with Crippen molar-refractivity contribution in [2.45, 2.75) is 19.1 Å². The average Bonchev–Trinajstić information content (AvgIpc) is 2.53. The zero-order chi connectivity index (χ0) is 14.5. The maximum Gasteiger partial charge on any atom is 0.122 e. The molecule has 0 aromatic heterocycles. The summed E-state index contributed by atoms with van der Waals surface area (Å²) in [6, 6.07) is 5.43. The topological polar surface area (TPSA) is 51.2 Å². The predicted octanol–water partition coefficient (Wildman–Crippen LogP) is 1.46. The van der Waals surface area contributed by atoms with Crippen molar-refractivity contribution in [3.8, 4) is 11.5 Å². The highest BCUT2D eigenvalue weighted by Crippen LogP contribution is 2.29. The fourth-order valence-electron chi connectivity index (χ4n) is 2.42. The lowest BCUT2D eigenvalue weighted by Gasteiger charge is -2.34. The Kier molecular flexibility index (Phi) is 5.23. The third-order valence-electron chi connectivity index (χ3n) is 3.69. The van der Waals surface area contributed by atoms with Gasteiger partial charge in [0.2, 0.25) is 0 Å². The lowest BCUT2D eigenvalue weighted by molar-refractivity contribution is -0.0889. The SMILES string of the molecule is CCN1CCOC(C(O)c2cc(OC)cc(OC)c2)C1. The monoisotopic (exact) mass is 281 g/mol. The maximum atomic E-state index is 10.5. The Morgan fingerprint density at radius 3 is 2.50 bits per heavy atom. The van der Waals surface area contributed by atoms with Crippen LogP contribution in [-0.4, -0.2) is 56.6 Å². The van der Waals surface area contributed by atoms with Crippen molar-refractivity contribution in [3.05, 3.63) is 23.8 Å². The van der Waals surface area contributed by atoms with Crippen molar-refractivity contribution in [2.24, 2.45) is 0 Å². The summed E-state index contributed by atoms with van der Waals surface area (Å²) in [6.07, 6.45) is -0.908. The minimum Gasteiger partial charge on any atom is -0.497 e. The molecule has 0 radical (unpaired) electrons. The van der Waals surface area contributed by atoms with Crippen LogP contribution < -0.4 is 9.47 Å². The van der Waals surface area contributed by atoms with Gasteiger partial charge in [-0.3, -0.25) is 4.90 Å². The Balaban J connectivity index is 2.17. The van der Waals surface area contributed by atoms with Gasteiger partial charge in [0.05, 0.1) is 20.8 Å². The predicted molar refractivity (Wildman–Crippen MR) is 76.4 cm³/mol. The minimum absolute atomic E-state index is 0.222. The number of nitrogens with zero attached hydrogens (tertiary/aromatic N) is 1. The molecule has 5 heteroatoms. The van der Waals surface area contributed by atoms with E-state index in [2.05, 4.69) is 11.8 Å². The van der Waals surface area contributed by atoms with Crippen LogP contribution in [0.5, 0.6) is 11.5 Å². The molecule has 0 spiro atoms. The Morgan fingerprint density at radius 2 is 1.95 bits per heavy atom. The molecule has 5 nitrogen and oxygen atoms in total. The zero-order valence-corrected chi connectivity index (χ0v) is 12.3. The van der Waals surface area contributed by atoms with Crippen molar-refractivity contribution in [1.29, 1.82) is 0 Å². The van der Waals surface area contributed by atoms with E-state index in [0.29, 0.717) is 18.1 Å². The fraction of sp³-hybridized carbons (Fsp3) is 0.600. The van der Waals surface area contributed by atoms with Crippen LogP contribution in [0.3, 0.4) is 0 Å². The molecule has 1 aliphatic rings. The first-order chi connectivity index (χ1) is 9.67. The third kappa shape index (κ3) is 3.42. The molecule has 2 atom stereocenters. The van der Waals surface area contributed by atoms with Crippen LogP contribution in [0.2, 0.25) is 0 Å². The van der Waals surface area contributed by atoms with Crippen LogP contribution in [0.15, 0.2) is 18.2 Å². The summed E-state index contributed by atoms with van der Waals surface area (Å²) in [7, 11) is 3.20. The van der Waals surface area contributed by atoms with Crippen LogP contribution in [0.4, 0.5) is 0 Å². The molecule has 2 unspecified atom stereocenters. The van der Waals surface area contributed by atoms with Crippen molar-refractivity contribution >= 4 is 0 Å². The lowest BCUT2D eigenvalue weighted by atomic mass is 10.0. The number of hydrogen-bond acceptors (Lipinski definition) is 5. The van der Waals surface area contributed by atoms with E-state index in [1.807, 2.05) is 12.1 Å². The van der Waals surface area contributed by atoms with Gasteiger partial charge in [0.25, 0.3) is 0 Å². The van der Waals surface area contributed by atoms with E-state index in [1.54, 1.807) is 20.3 Å². The normalized spacial score (nSPS) is 21.5. The van der Waals surface area contributed by atoms with Gasteiger partial charge < -0.3 is 19.3 Å². The second-order valence-electron chi connectivity index (χ2n) is 4.89. The van der Waals surface area contributed by atoms with Gasteiger partial charge in [0.15, 0.2) is 0 Å². The summed E-state index contributed by atoms with van der Waals surface area (Å²) in [4.78, 5) is 2.27. The van der Waals surface area contributed by atoms with Crippen LogP contribution in [-0.2, 0) is 4.74 Å². The number of methoxy groups -OCH3 is 2. The van der Waals surface area contributed by atoms with Gasteiger partial charge in [-0.15, -0.1) is 0 Å². The van der Waals surface area contributed by atoms with E-state index in [0.717, 1.165) is 25.2 Å². The first-order valence-corrected chi connectivity index (χ1v) is 6.93. The van der Waals surface area contributed by atoms with E-state index in [1.165, 1.54) is 0 Å². The van der Waals surface area contributed by atoms with Gasteiger partial charge in [0.1, 0.15) is 23.7 Å². The number of benzene rings is 1. The molecule has 1 saturated heterocycles. The maximum absolute atomic E-state index is 10.5. The van der Waals surface area contributed by atoms with Crippen LogP contribution in [0.25, 0.3) is 0 Å². The number of rotatable bonds is 5. The Morgan fingerprint density at radius 1 is 1.30 bits per heavy atom. The van der Waals surface area contributed by atoms with Gasteiger partial charge in [0, 0.05) is 19.2 Å². The Labute approximate surface area is 120 Å². The zero-order valence-electron chi connectivity index (χ0n) is 12.3. The average molecular weight is 281 g/mol. The molecule has 1 aliphatic heterocycles. The summed E-state index contributed by atoms with van der Waals surface area (Å²) in [5, 5.41) is 10.5. The summed E-state index contributed by atoms with van der Waals surface area (Å²) >= 11 is 0. The molecule has 112 valence electrons. The molecule has 1 fully saturated rings. The number of aliphatic hydroxyl groups excluding tert-OH is 1. The van der Waals surface area contributed by atoms with Crippen molar-refractivity contribution < 1.29 is 19.3 Å². The molecule has 0 amide bonds. The summed E-state index contributed by atoms with van der Waals surface area (Å²) < 4.78 is 16.2. The third-order valence-corrected chi connectivity index (χ3v) is 3.69. The van der Waals surface area contributed by atoms with Gasteiger partial charge >= 0.3 is 0 Å². The van der Waals surface area contributed by atoms with Gasteiger partial charge in [-0.25, -0.2) is 0 Å². The highest BCUT2D eigenvalue weighted by molar-refractivity contribution is 5.39. The molecule has 0 bridgehead atoms. The van der Waals surface area contributed by atoms with Gasteiger partial charge in [-0.1, -0.05) is 6.92 Å². The van der Waals surface area contributed by atoms with Crippen LogP contribution in [0.1, 0.15) is 18.6 Å². The standard InChI is InChI=1S/C15H23NO4/c1-4-16-5-6-20-14(10-16)15(17)11-7-12(18-2)9-13(8-11)19-3/h7-9,14-15,17H,4-6,10H2,1-3H3. The van der Waals surface area contributed by atoms with Crippen molar-refractivity contribution in [3.63, 3.8) is 0 Å². The van der Waals surface area contributed by atoms with E-state index in [-0.39, 0.29) is 6.10 Å². The highest BCUT2D eigenvalue weighted by Gasteiger charge is 2.27. The van der Waals surface area contributed by atoms with Crippen molar-refractivity contribution in [1.82, 2.24) is 4.90 Å². The summed E-state index contributed by atoms with van der Waals surface area (Å²) in [6.45, 7) is 5.38.